The molecule has 0 bridgehead atoms. The number of hydrogen-bond donors (Lipinski definition) is 1. The van der Waals surface area contributed by atoms with E-state index in [0.29, 0.717) is 6.04 Å². The van der Waals surface area contributed by atoms with Crippen LogP contribution in [0.2, 0.25) is 0 Å². The lowest BCUT2D eigenvalue weighted by Gasteiger charge is -2.24. The van der Waals surface area contributed by atoms with Crippen molar-refractivity contribution in [2.24, 2.45) is 0 Å². The lowest BCUT2D eigenvalue weighted by Crippen LogP contribution is -2.36. The van der Waals surface area contributed by atoms with Gasteiger partial charge in [0.2, 0.25) is 0 Å². The Morgan fingerprint density at radius 3 is 2.71 bits per heavy atom. The molecule has 0 aromatic heterocycles. The zero-order valence-electron chi connectivity index (χ0n) is 11.6. The molecule has 0 amide bonds. The van der Waals surface area contributed by atoms with Crippen LogP contribution in [0.1, 0.15) is 39.5 Å². The van der Waals surface area contributed by atoms with Crippen molar-refractivity contribution in [2.75, 3.05) is 39.3 Å². The predicted molar refractivity (Wildman–Crippen MR) is 73.4 cm³/mol. The van der Waals surface area contributed by atoms with Crippen molar-refractivity contribution >= 4 is 0 Å². The van der Waals surface area contributed by atoms with Crippen molar-refractivity contribution in [1.82, 2.24) is 15.1 Å². The van der Waals surface area contributed by atoms with Crippen LogP contribution in [0, 0.1) is 0 Å². The molecule has 2 aliphatic heterocycles. The van der Waals surface area contributed by atoms with Crippen molar-refractivity contribution in [3.05, 3.63) is 0 Å². The van der Waals surface area contributed by atoms with Crippen LogP contribution in [-0.2, 0) is 0 Å². The number of nitrogens with one attached hydrogen (secondary N) is 1. The summed E-state index contributed by atoms with van der Waals surface area (Å²) in [6.07, 6.45) is 5.54. The molecular formula is C14H29N3. The molecular weight excluding hydrogens is 210 g/mol. The second kappa shape index (κ2) is 6.72. The lowest BCUT2D eigenvalue weighted by atomic mass is 10.2. The molecule has 0 spiro atoms. The third-order valence-electron chi connectivity index (χ3n) is 4.34. The Hall–Kier alpha value is -0.120. The topological polar surface area (TPSA) is 18.5 Å². The van der Waals surface area contributed by atoms with E-state index >= 15 is 0 Å². The van der Waals surface area contributed by atoms with Crippen LogP contribution in [0.15, 0.2) is 0 Å². The highest BCUT2D eigenvalue weighted by Gasteiger charge is 2.28. The van der Waals surface area contributed by atoms with Gasteiger partial charge in [0.1, 0.15) is 0 Å². The van der Waals surface area contributed by atoms with Gasteiger partial charge in [-0.3, -0.25) is 4.90 Å². The van der Waals surface area contributed by atoms with Gasteiger partial charge < -0.3 is 10.2 Å². The van der Waals surface area contributed by atoms with Crippen LogP contribution in [-0.4, -0.2) is 61.2 Å². The van der Waals surface area contributed by atoms with Crippen molar-refractivity contribution in [3.8, 4) is 0 Å². The van der Waals surface area contributed by atoms with E-state index in [1.54, 1.807) is 0 Å². The van der Waals surface area contributed by atoms with Gasteiger partial charge in [-0.15, -0.1) is 0 Å². The molecule has 1 N–H and O–H groups in total. The minimum Gasteiger partial charge on any atom is -0.314 e. The molecule has 2 rings (SSSR count). The average Bonchev–Trinajstić information content (AvgIpc) is 2.97. The molecule has 2 unspecified atom stereocenters. The number of nitrogens with zero attached hydrogens (tertiary/aromatic N) is 2. The maximum atomic E-state index is 3.50. The Morgan fingerprint density at radius 2 is 2.00 bits per heavy atom. The summed E-state index contributed by atoms with van der Waals surface area (Å²) in [7, 11) is 0. The average molecular weight is 239 g/mol. The standard InChI is InChI=1S/C14H29N3/c1-3-15-13(2)6-10-16-11-7-14(12-16)17-8-4-5-9-17/h13-15H,3-12H2,1-2H3. The van der Waals surface area contributed by atoms with Crippen LogP contribution in [0.3, 0.4) is 0 Å². The minimum atomic E-state index is 0.672. The first-order valence-electron chi connectivity index (χ1n) is 7.49. The van der Waals surface area contributed by atoms with Gasteiger partial charge >= 0.3 is 0 Å². The van der Waals surface area contributed by atoms with Gasteiger partial charge in [-0.05, 0) is 65.3 Å². The summed E-state index contributed by atoms with van der Waals surface area (Å²) in [4.78, 5) is 5.38. The minimum absolute atomic E-state index is 0.672. The molecule has 0 aliphatic carbocycles. The zero-order valence-corrected chi connectivity index (χ0v) is 11.6. The SMILES string of the molecule is CCNC(C)CCN1CCC(N2CCCC2)C1. The lowest BCUT2D eigenvalue weighted by molar-refractivity contribution is 0.229. The predicted octanol–water partition coefficient (Wildman–Crippen LogP) is 1.54. The first-order chi connectivity index (χ1) is 8.29. The van der Waals surface area contributed by atoms with Crippen molar-refractivity contribution in [2.45, 2.75) is 51.6 Å². The van der Waals surface area contributed by atoms with Crippen molar-refractivity contribution < 1.29 is 0 Å². The van der Waals surface area contributed by atoms with Crippen LogP contribution in [0.4, 0.5) is 0 Å². The first kappa shape index (κ1) is 13.3. The molecule has 100 valence electrons. The summed E-state index contributed by atoms with van der Waals surface area (Å²) in [6.45, 7) is 12.2. The van der Waals surface area contributed by atoms with Crippen LogP contribution in [0.5, 0.6) is 0 Å². The number of likely N-dealkylation sites (tertiary alicyclic amines) is 2. The van der Waals surface area contributed by atoms with Crippen LogP contribution in [0.25, 0.3) is 0 Å². The highest BCUT2D eigenvalue weighted by molar-refractivity contribution is 4.85. The van der Waals surface area contributed by atoms with E-state index < -0.39 is 0 Å². The fourth-order valence-corrected chi connectivity index (χ4v) is 3.25. The zero-order chi connectivity index (χ0) is 12.1. The molecule has 3 heteroatoms. The first-order valence-corrected chi connectivity index (χ1v) is 7.49. The van der Waals surface area contributed by atoms with Crippen molar-refractivity contribution in [1.29, 1.82) is 0 Å². The smallest absolute Gasteiger partial charge is 0.0235 e. The van der Waals surface area contributed by atoms with E-state index in [1.165, 1.54) is 58.4 Å². The second-order valence-corrected chi connectivity index (χ2v) is 5.73. The fourth-order valence-electron chi connectivity index (χ4n) is 3.25. The normalized spacial score (nSPS) is 28.9. The van der Waals surface area contributed by atoms with E-state index in [2.05, 4.69) is 29.0 Å². The Kier molecular flexibility index (Phi) is 5.26. The molecule has 2 atom stereocenters. The van der Waals surface area contributed by atoms with Gasteiger partial charge in [0.15, 0.2) is 0 Å². The third-order valence-corrected chi connectivity index (χ3v) is 4.34. The highest BCUT2D eigenvalue weighted by Crippen LogP contribution is 2.20. The molecule has 0 saturated carbocycles. The Bertz CT molecular complexity index is 214. The molecule has 0 aromatic carbocycles. The number of rotatable bonds is 6. The Morgan fingerprint density at radius 1 is 1.24 bits per heavy atom. The van der Waals surface area contributed by atoms with Crippen LogP contribution < -0.4 is 5.32 Å². The van der Waals surface area contributed by atoms with E-state index in [1.807, 2.05) is 0 Å². The van der Waals surface area contributed by atoms with Crippen molar-refractivity contribution in [3.63, 3.8) is 0 Å². The van der Waals surface area contributed by atoms with Gasteiger partial charge in [0.25, 0.3) is 0 Å². The van der Waals surface area contributed by atoms with E-state index in [9.17, 15) is 0 Å². The molecule has 2 saturated heterocycles. The van der Waals surface area contributed by atoms with E-state index in [0.717, 1.165) is 12.6 Å². The molecule has 2 aliphatic rings. The summed E-state index contributed by atoms with van der Waals surface area (Å²) in [5.74, 6) is 0. The summed E-state index contributed by atoms with van der Waals surface area (Å²) in [5, 5.41) is 3.50. The van der Waals surface area contributed by atoms with Crippen LogP contribution >= 0.6 is 0 Å². The summed E-state index contributed by atoms with van der Waals surface area (Å²) in [5.41, 5.74) is 0. The molecule has 17 heavy (non-hydrogen) atoms. The van der Waals surface area contributed by atoms with E-state index in [4.69, 9.17) is 0 Å². The molecule has 2 fully saturated rings. The van der Waals surface area contributed by atoms with Gasteiger partial charge in [-0.2, -0.15) is 0 Å². The Labute approximate surface area is 107 Å². The third kappa shape index (κ3) is 3.94. The number of hydrogen-bond acceptors (Lipinski definition) is 3. The Balaban J connectivity index is 1.63. The fraction of sp³-hybridized carbons (Fsp3) is 1.00. The summed E-state index contributed by atoms with van der Waals surface area (Å²) >= 11 is 0. The van der Waals surface area contributed by atoms with E-state index in [-0.39, 0.29) is 0 Å². The second-order valence-electron chi connectivity index (χ2n) is 5.73. The monoisotopic (exact) mass is 239 g/mol. The molecule has 2 heterocycles. The maximum absolute atomic E-state index is 3.50. The quantitative estimate of drug-likeness (QED) is 0.758. The molecule has 3 nitrogen and oxygen atoms in total. The van der Waals surface area contributed by atoms with Gasteiger partial charge in [-0.25, -0.2) is 0 Å². The highest BCUT2D eigenvalue weighted by atomic mass is 15.3. The molecule has 0 radical (unpaired) electrons. The maximum Gasteiger partial charge on any atom is 0.0235 e. The summed E-state index contributed by atoms with van der Waals surface area (Å²) in [6, 6.07) is 1.54. The van der Waals surface area contributed by atoms with Gasteiger partial charge in [0.05, 0.1) is 0 Å². The largest absolute Gasteiger partial charge is 0.314 e. The summed E-state index contributed by atoms with van der Waals surface area (Å²) < 4.78 is 0. The molecule has 0 aromatic rings. The van der Waals surface area contributed by atoms with Gasteiger partial charge in [-0.1, -0.05) is 6.92 Å². The van der Waals surface area contributed by atoms with Gasteiger partial charge in [0, 0.05) is 18.6 Å².